The molecule has 0 unspecified atom stereocenters. The zero-order chi connectivity index (χ0) is 10.7. The molecule has 78 valence electrons. The Morgan fingerprint density at radius 3 is 2.73 bits per heavy atom. The number of benzene rings is 1. The summed E-state index contributed by atoms with van der Waals surface area (Å²) in [4.78, 5) is 0. The molecule has 1 heterocycles. The van der Waals surface area contributed by atoms with Crippen molar-refractivity contribution in [1.29, 1.82) is 0 Å². The summed E-state index contributed by atoms with van der Waals surface area (Å²) < 4.78 is 6.54. The maximum atomic E-state index is 5.55. The molecule has 0 saturated heterocycles. The summed E-state index contributed by atoms with van der Waals surface area (Å²) in [5.41, 5.74) is 7.78. The van der Waals surface area contributed by atoms with Crippen molar-refractivity contribution in [3.8, 4) is 11.3 Å². The number of hydrogen-bond acceptors (Lipinski definition) is 2. The Hall–Kier alpha value is -1.06. The van der Waals surface area contributed by atoms with Gasteiger partial charge in [-0.1, -0.05) is 34.1 Å². The van der Waals surface area contributed by atoms with Crippen LogP contribution in [-0.4, -0.2) is 6.54 Å². The van der Waals surface area contributed by atoms with E-state index in [1.807, 2.05) is 30.3 Å². The van der Waals surface area contributed by atoms with Crippen LogP contribution in [0, 0.1) is 0 Å². The second kappa shape index (κ2) is 4.64. The summed E-state index contributed by atoms with van der Waals surface area (Å²) in [5.74, 6) is 0.910. The van der Waals surface area contributed by atoms with Crippen molar-refractivity contribution in [2.45, 2.75) is 6.42 Å². The third-order valence-electron chi connectivity index (χ3n) is 2.28. The van der Waals surface area contributed by atoms with Crippen LogP contribution < -0.4 is 5.73 Å². The van der Waals surface area contributed by atoms with Crippen molar-refractivity contribution in [2.24, 2.45) is 5.73 Å². The summed E-state index contributed by atoms with van der Waals surface area (Å²) in [6.07, 6.45) is 2.55. The van der Waals surface area contributed by atoms with E-state index in [-0.39, 0.29) is 0 Å². The van der Waals surface area contributed by atoms with Gasteiger partial charge in [-0.15, -0.1) is 0 Å². The van der Waals surface area contributed by atoms with E-state index in [0.29, 0.717) is 6.54 Å². The zero-order valence-corrected chi connectivity index (χ0v) is 9.83. The highest BCUT2D eigenvalue weighted by Gasteiger charge is 2.10. The van der Waals surface area contributed by atoms with Gasteiger partial charge < -0.3 is 10.2 Å². The van der Waals surface area contributed by atoms with E-state index in [4.69, 9.17) is 10.2 Å². The first-order chi connectivity index (χ1) is 7.33. The Morgan fingerprint density at radius 1 is 1.20 bits per heavy atom. The molecule has 3 heteroatoms. The minimum atomic E-state index is 0.636. The number of nitrogens with two attached hydrogens (primary N) is 1. The molecular weight excluding hydrogens is 254 g/mol. The van der Waals surface area contributed by atoms with Gasteiger partial charge in [0, 0.05) is 10.0 Å². The van der Waals surface area contributed by atoms with Crippen molar-refractivity contribution in [3.63, 3.8) is 0 Å². The molecule has 2 N–H and O–H groups in total. The van der Waals surface area contributed by atoms with Gasteiger partial charge >= 0.3 is 0 Å². The Labute approximate surface area is 97.2 Å². The zero-order valence-electron chi connectivity index (χ0n) is 8.24. The minimum absolute atomic E-state index is 0.636. The summed E-state index contributed by atoms with van der Waals surface area (Å²) in [5, 5.41) is 0. The Bertz CT molecular complexity index is 450. The topological polar surface area (TPSA) is 39.2 Å². The van der Waals surface area contributed by atoms with E-state index < -0.39 is 0 Å². The largest absolute Gasteiger partial charge is 0.464 e. The third-order valence-corrected chi connectivity index (χ3v) is 2.97. The van der Waals surface area contributed by atoms with Crippen LogP contribution in [0.2, 0.25) is 0 Å². The highest BCUT2D eigenvalue weighted by molar-refractivity contribution is 9.10. The fraction of sp³-hybridized carbons (Fsp3) is 0.167. The van der Waals surface area contributed by atoms with Crippen molar-refractivity contribution >= 4 is 15.9 Å². The van der Waals surface area contributed by atoms with Gasteiger partial charge in [-0.3, -0.25) is 0 Å². The predicted octanol–water partition coefficient (Wildman–Crippen LogP) is 3.21. The smallest absolute Gasteiger partial charge is 0.138 e. The molecule has 15 heavy (non-hydrogen) atoms. The average molecular weight is 266 g/mol. The Balaban J connectivity index is 2.45. The van der Waals surface area contributed by atoms with E-state index in [1.54, 1.807) is 6.26 Å². The molecule has 2 aromatic rings. The molecular formula is C12H12BrNO. The maximum Gasteiger partial charge on any atom is 0.138 e. The lowest BCUT2D eigenvalue weighted by Crippen LogP contribution is -2.02. The number of hydrogen-bond donors (Lipinski definition) is 1. The summed E-state index contributed by atoms with van der Waals surface area (Å²) in [6, 6.07) is 9.99. The van der Waals surface area contributed by atoms with Gasteiger partial charge in [0.05, 0.1) is 6.26 Å². The van der Waals surface area contributed by atoms with Crippen LogP contribution in [0.3, 0.4) is 0 Å². The van der Waals surface area contributed by atoms with Gasteiger partial charge in [-0.05, 0) is 30.7 Å². The fourth-order valence-electron chi connectivity index (χ4n) is 1.57. The van der Waals surface area contributed by atoms with Gasteiger partial charge in [0.2, 0.25) is 0 Å². The van der Waals surface area contributed by atoms with Crippen LogP contribution in [0.15, 0.2) is 45.5 Å². The van der Waals surface area contributed by atoms with Crippen molar-refractivity contribution in [3.05, 3.63) is 46.6 Å². The molecule has 0 saturated carbocycles. The van der Waals surface area contributed by atoms with E-state index in [0.717, 1.165) is 27.8 Å². The lowest BCUT2D eigenvalue weighted by molar-refractivity contribution is 0.579. The first-order valence-corrected chi connectivity index (χ1v) is 5.63. The number of halogens is 1. The monoisotopic (exact) mass is 265 g/mol. The molecule has 1 aromatic carbocycles. The Morgan fingerprint density at radius 2 is 2.00 bits per heavy atom. The van der Waals surface area contributed by atoms with Crippen molar-refractivity contribution < 1.29 is 4.42 Å². The first-order valence-electron chi connectivity index (χ1n) is 4.84. The average Bonchev–Trinajstić information content (AvgIpc) is 2.67. The van der Waals surface area contributed by atoms with Crippen LogP contribution in [0.1, 0.15) is 5.56 Å². The van der Waals surface area contributed by atoms with Gasteiger partial charge in [0.25, 0.3) is 0 Å². The van der Waals surface area contributed by atoms with Gasteiger partial charge in [-0.2, -0.15) is 0 Å². The van der Waals surface area contributed by atoms with Crippen LogP contribution in [-0.2, 0) is 6.42 Å². The molecule has 0 aliphatic rings. The highest BCUT2D eigenvalue weighted by atomic mass is 79.9. The molecule has 0 aliphatic heterocycles. The van der Waals surface area contributed by atoms with Gasteiger partial charge in [0.15, 0.2) is 0 Å². The summed E-state index contributed by atoms with van der Waals surface area (Å²) in [6.45, 7) is 0.636. The summed E-state index contributed by atoms with van der Waals surface area (Å²) in [7, 11) is 0. The highest BCUT2D eigenvalue weighted by Crippen LogP contribution is 2.31. The lowest BCUT2D eigenvalue weighted by atomic mass is 10.1. The molecule has 0 spiro atoms. The second-order valence-corrected chi connectivity index (χ2v) is 4.15. The molecule has 0 bridgehead atoms. The third kappa shape index (κ3) is 2.13. The molecule has 0 aliphatic carbocycles. The van der Waals surface area contributed by atoms with E-state index >= 15 is 0 Å². The van der Waals surface area contributed by atoms with E-state index in [9.17, 15) is 0 Å². The van der Waals surface area contributed by atoms with Crippen LogP contribution >= 0.6 is 15.9 Å². The SMILES string of the molecule is NCCc1ccoc1-c1ccccc1Br. The molecule has 0 amide bonds. The van der Waals surface area contributed by atoms with Crippen LogP contribution in [0.4, 0.5) is 0 Å². The second-order valence-electron chi connectivity index (χ2n) is 3.29. The van der Waals surface area contributed by atoms with Gasteiger partial charge in [0.1, 0.15) is 5.76 Å². The van der Waals surface area contributed by atoms with Crippen molar-refractivity contribution in [2.75, 3.05) is 6.54 Å². The molecule has 0 fully saturated rings. The number of furan rings is 1. The van der Waals surface area contributed by atoms with Crippen LogP contribution in [0.25, 0.3) is 11.3 Å². The molecule has 0 radical (unpaired) electrons. The molecule has 1 aromatic heterocycles. The van der Waals surface area contributed by atoms with E-state index in [2.05, 4.69) is 15.9 Å². The fourth-order valence-corrected chi connectivity index (χ4v) is 2.03. The molecule has 0 atom stereocenters. The Kier molecular flexibility index (Phi) is 3.23. The quantitative estimate of drug-likeness (QED) is 0.926. The lowest BCUT2D eigenvalue weighted by Gasteiger charge is -2.03. The van der Waals surface area contributed by atoms with Crippen molar-refractivity contribution in [1.82, 2.24) is 0 Å². The molecule has 2 rings (SSSR count). The maximum absolute atomic E-state index is 5.55. The molecule has 2 nitrogen and oxygen atoms in total. The minimum Gasteiger partial charge on any atom is -0.464 e. The standard InChI is InChI=1S/C12H12BrNO/c13-11-4-2-1-3-10(11)12-9(5-7-14)6-8-15-12/h1-4,6,8H,5,7,14H2. The van der Waals surface area contributed by atoms with Crippen LogP contribution in [0.5, 0.6) is 0 Å². The van der Waals surface area contributed by atoms with Gasteiger partial charge in [-0.25, -0.2) is 0 Å². The summed E-state index contributed by atoms with van der Waals surface area (Å²) >= 11 is 3.51. The predicted molar refractivity (Wildman–Crippen MR) is 64.6 cm³/mol. The normalized spacial score (nSPS) is 10.5. The number of rotatable bonds is 3. The van der Waals surface area contributed by atoms with E-state index in [1.165, 1.54) is 0 Å². The first kappa shape index (κ1) is 10.5.